The molecule has 0 atom stereocenters. The van der Waals surface area contributed by atoms with Gasteiger partial charge in [-0.1, -0.05) is 6.07 Å². The van der Waals surface area contributed by atoms with Gasteiger partial charge in [0.25, 0.3) is 0 Å². The average Bonchev–Trinajstić information content (AvgIpc) is 2.70. The van der Waals surface area contributed by atoms with Crippen molar-refractivity contribution in [3.05, 3.63) is 47.5 Å². The van der Waals surface area contributed by atoms with Gasteiger partial charge in [-0.25, -0.2) is 4.79 Å². The Hall–Kier alpha value is -2.89. The fourth-order valence-electron chi connectivity index (χ4n) is 3.22. The molecule has 1 aliphatic heterocycles. The Morgan fingerprint density at radius 2 is 1.67 bits per heavy atom. The molecule has 1 aliphatic rings. The van der Waals surface area contributed by atoms with Crippen LogP contribution in [-0.2, 0) is 0 Å². The van der Waals surface area contributed by atoms with Crippen molar-refractivity contribution in [3.8, 4) is 11.5 Å². The molecule has 0 unspecified atom stereocenters. The number of urea groups is 1. The van der Waals surface area contributed by atoms with Crippen LogP contribution in [0.1, 0.15) is 11.1 Å². The molecule has 1 N–H and O–H groups in total. The number of rotatable bonds is 4. The highest BCUT2D eigenvalue weighted by Gasteiger charge is 2.23. The van der Waals surface area contributed by atoms with Crippen molar-refractivity contribution in [3.63, 3.8) is 0 Å². The molecule has 2 aromatic rings. The molecular formula is C21H27N3O3. The second-order valence-corrected chi connectivity index (χ2v) is 6.74. The van der Waals surface area contributed by atoms with E-state index in [0.717, 1.165) is 36.0 Å². The van der Waals surface area contributed by atoms with Gasteiger partial charge in [0.15, 0.2) is 0 Å². The number of carbonyl (C=O) groups excluding carboxylic acids is 1. The smallest absolute Gasteiger partial charge is 0.321 e. The molecule has 1 heterocycles. The van der Waals surface area contributed by atoms with E-state index >= 15 is 0 Å². The molecule has 0 radical (unpaired) electrons. The van der Waals surface area contributed by atoms with Crippen LogP contribution in [0.2, 0.25) is 0 Å². The third-order valence-corrected chi connectivity index (χ3v) is 5.05. The summed E-state index contributed by atoms with van der Waals surface area (Å²) >= 11 is 0. The van der Waals surface area contributed by atoms with Gasteiger partial charge in [0.1, 0.15) is 11.5 Å². The van der Waals surface area contributed by atoms with Crippen LogP contribution in [0, 0.1) is 13.8 Å². The van der Waals surface area contributed by atoms with Crippen LogP contribution in [0.5, 0.6) is 11.5 Å². The lowest BCUT2D eigenvalue weighted by atomic mass is 10.1. The number of hydrogen-bond donors (Lipinski definition) is 1. The summed E-state index contributed by atoms with van der Waals surface area (Å²) in [5.74, 6) is 1.60. The lowest BCUT2D eigenvalue weighted by Crippen LogP contribution is -2.50. The number of hydrogen-bond acceptors (Lipinski definition) is 4. The van der Waals surface area contributed by atoms with E-state index < -0.39 is 0 Å². The van der Waals surface area contributed by atoms with E-state index in [1.54, 1.807) is 14.2 Å². The van der Waals surface area contributed by atoms with Gasteiger partial charge in [-0.3, -0.25) is 0 Å². The minimum atomic E-state index is -0.0597. The highest BCUT2D eigenvalue weighted by atomic mass is 16.5. The van der Waals surface area contributed by atoms with Crippen LogP contribution in [0.4, 0.5) is 16.2 Å². The van der Waals surface area contributed by atoms with Gasteiger partial charge in [0.05, 0.1) is 19.9 Å². The highest BCUT2D eigenvalue weighted by molar-refractivity contribution is 5.89. The van der Waals surface area contributed by atoms with Crippen LogP contribution in [-0.4, -0.2) is 51.3 Å². The Labute approximate surface area is 160 Å². The maximum Gasteiger partial charge on any atom is 0.321 e. The number of methoxy groups -OCH3 is 2. The Kier molecular flexibility index (Phi) is 5.74. The van der Waals surface area contributed by atoms with Gasteiger partial charge in [0, 0.05) is 37.9 Å². The molecule has 3 rings (SSSR count). The predicted molar refractivity (Wildman–Crippen MR) is 108 cm³/mol. The quantitative estimate of drug-likeness (QED) is 0.893. The van der Waals surface area contributed by atoms with Gasteiger partial charge in [0.2, 0.25) is 0 Å². The normalized spacial score (nSPS) is 14.1. The van der Waals surface area contributed by atoms with Gasteiger partial charge in [-0.15, -0.1) is 0 Å². The summed E-state index contributed by atoms with van der Waals surface area (Å²) < 4.78 is 10.8. The molecule has 0 aromatic heterocycles. The number of piperazine rings is 1. The Morgan fingerprint density at radius 1 is 0.926 bits per heavy atom. The summed E-state index contributed by atoms with van der Waals surface area (Å²) in [5.41, 5.74) is 4.21. The van der Waals surface area contributed by atoms with Crippen LogP contribution in [0.25, 0.3) is 0 Å². The lowest BCUT2D eigenvalue weighted by molar-refractivity contribution is 0.208. The van der Waals surface area contributed by atoms with Gasteiger partial charge >= 0.3 is 6.03 Å². The van der Waals surface area contributed by atoms with Crippen LogP contribution in [0.15, 0.2) is 36.4 Å². The number of carbonyl (C=O) groups is 1. The monoisotopic (exact) mass is 369 g/mol. The maximum absolute atomic E-state index is 12.6. The first-order valence-electron chi connectivity index (χ1n) is 9.12. The molecule has 0 bridgehead atoms. The zero-order valence-electron chi connectivity index (χ0n) is 16.4. The average molecular weight is 369 g/mol. The standard InChI is InChI=1S/C21H27N3O3/c1-15-5-6-17(13-16(15)2)22-21(25)24-11-9-23(10-12-24)19-14-18(26-3)7-8-20(19)27-4/h5-8,13-14H,9-12H2,1-4H3,(H,22,25). The second kappa shape index (κ2) is 8.20. The van der Waals surface area contributed by atoms with Crippen molar-refractivity contribution >= 4 is 17.4 Å². The molecule has 144 valence electrons. The van der Waals surface area contributed by atoms with E-state index in [2.05, 4.69) is 17.1 Å². The second-order valence-electron chi connectivity index (χ2n) is 6.74. The number of aryl methyl sites for hydroxylation is 2. The highest BCUT2D eigenvalue weighted by Crippen LogP contribution is 2.32. The number of anilines is 2. The van der Waals surface area contributed by atoms with E-state index in [1.807, 2.05) is 48.2 Å². The number of nitrogens with zero attached hydrogens (tertiary/aromatic N) is 2. The van der Waals surface area contributed by atoms with Crippen molar-refractivity contribution in [2.45, 2.75) is 13.8 Å². The summed E-state index contributed by atoms with van der Waals surface area (Å²) in [6.07, 6.45) is 0. The number of amides is 2. The number of nitrogens with one attached hydrogen (secondary N) is 1. The summed E-state index contributed by atoms with van der Waals surface area (Å²) in [4.78, 5) is 16.7. The van der Waals surface area contributed by atoms with E-state index in [-0.39, 0.29) is 6.03 Å². The Morgan fingerprint density at radius 3 is 2.30 bits per heavy atom. The van der Waals surface area contributed by atoms with Gasteiger partial charge < -0.3 is 24.6 Å². The minimum absolute atomic E-state index is 0.0597. The third kappa shape index (κ3) is 4.27. The molecular weight excluding hydrogens is 342 g/mol. The predicted octanol–water partition coefficient (Wildman–Crippen LogP) is 3.67. The fourth-order valence-corrected chi connectivity index (χ4v) is 3.22. The first-order valence-corrected chi connectivity index (χ1v) is 9.12. The number of ether oxygens (including phenoxy) is 2. The van der Waals surface area contributed by atoms with Crippen molar-refractivity contribution in [1.29, 1.82) is 0 Å². The molecule has 0 spiro atoms. The van der Waals surface area contributed by atoms with Crippen LogP contribution >= 0.6 is 0 Å². The van der Waals surface area contributed by atoms with E-state index in [0.29, 0.717) is 13.1 Å². The zero-order chi connectivity index (χ0) is 19.4. The van der Waals surface area contributed by atoms with Crippen molar-refractivity contribution < 1.29 is 14.3 Å². The third-order valence-electron chi connectivity index (χ3n) is 5.05. The molecule has 0 saturated carbocycles. The molecule has 6 nitrogen and oxygen atoms in total. The molecule has 1 saturated heterocycles. The Bertz CT molecular complexity index is 814. The molecule has 6 heteroatoms. The first-order chi connectivity index (χ1) is 13.0. The SMILES string of the molecule is COc1ccc(OC)c(N2CCN(C(=O)Nc3ccc(C)c(C)c3)CC2)c1. The van der Waals surface area contributed by atoms with Gasteiger partial charge in [-0.2, -0.15) is 0 Å². The topological polar surface area (TPSA) is 54.0 Å². The largest absolute Gasteiger partial charge is 0.497 e. The molecule has 0 aliphatic carbocycles. The minimum Gasteiger partial charge on any atom is -0.497 e. The summed E-state index contributed by atoms with van der Waals surface area (Å²) in [6, 6.07) is 11.7. The fraction of sp³-hybridized carbons (Fsp3) is 0.381. The Balaban J connectivity index is 1.63. The first kappa shape index (κ1) is 18.9. The molecule has 2 aromatic carbocycles. The van der Waals surface area contributed by atoms with Crippen LogP contribution in [0.3, 0.4) is 0 Å². The van der Waals surface area contributed by atoms with Crippen molar-refractivity contribution in [2.75, 3.05) is 50.6 Å². The number of benzene rings is 2. The summed E-state index contributed by atoms with van der Waals surface area (Å²) in [7, 11) is 3.32. The maximum atomic E-state index is 12.6. The van der Waals surface area contributed by atoms with E-state index in [9.17, 15) is 4.79 Å². The van der Waals surface area contributed by atoms with Crippen LogP contribution < -0.4 is 19.7 Å². The van der Waals surface area contributed by atoms with Gasteiger partial charge in [-0.05, 0) is 49.2 Å². The van der Waals surface area contributed by atoms with E-state index in [1.165, 1.54) is 11.1 Å². The summed E-state index contributed by atoms with van der Waals surface area (Å²) in [5, 5.41) is 3.00. The summed E-state index contributed by atoms with van der Waals surface area (Å²) in [6.45, 7) is 6.89. The molecule has 2 amide bonds. The van der Waals surface area contributed by atoms with Crippen molar-refractivity contribution in [1.82, 2.24) is 4.90 Å². The molecule has 1 fully saturated rings. The lowest BCUT2D eigenvalue weighted by Gasteiger charge is -2.36. The zero-order valence-corrected chi connectivity index (χ0v) is 16.4. The van der Waals surface area contributed by atoms with E-state index in [4.69, 9.17) is 9.47 Å². The molecule has 27 heavy (non-hydrogen) atoms. The van der Waals surface area contributed by atoms with Crippen molar-refractivity contribution in [2.24, 2.45) is 0 Å².